The summed E-state index contributed by atoms with van der Waals surface area (Å²) < 4.78 is 0. The zero-order chi connectivity index (χ0) is 3.58. The van der Waals surface area contributed by atoms with E-state index in [9.17, 15) is 0 Å². The van der Waals surface area contributed by atoms with Gasteiger partial charge in [-0.2, -0.15) is 0 Å². The summed E-state index contributed by atoms with van der Waals surface area (Å²) in [6, 6.07) is 0. The summed E-state index contributed by atoms with van der Waals surface area (Å²) in [4.78, 5) is 8.56. The van der Waals surface area contributed by atoms with E-state index in [2.05, 4.69) is 0 Å². The number of carboxylic acid groups (broad SMARTS) is 2. The zero-order valence-corrected chi connectivity index (χ0v) is 1.80. The predicted molar refractivity (Wildman–Crippen MR) is 19.2 cm³/mol. The quantitative estimate of drug-likeness (QED) is 0.373. The van der Waals surface area contributed by atoms with Crippen LogP contribution in [0.2, 0.25) is 0 Å². The molecule has 0 bridgehead atoms. The number of carbonyl (C=O) groups is 1. The van der Waals surface area contributed by atoms with Crippen LogP contribution >= 0.6 is 0 Å². The molecule has 0 saturated carbocycles. The summed E-state index contributed by atoms with van der Waals surface area (Å²) in [6.45, 7) is 0. The van der Waals surface area contributed by atoms with E-state index >= 15 is 0 Å². The third-order valence-corrected chi connectivity index (χ3v) is 0. The molecule has 0 heterocycles. The van der Waals surface area contributed by atoms with Gasteiger partial charge in [-0.05, 0) is 0 Å². The van der Waals surface area contributed by atoms with Crippen LogP contribution in [0.4, 0.5) is 4.79 Å². The molecule has 0 atom stereocenters. The van der Waals surface area contributed by atoms with Gasteiger partial charge in [-0.3, -0.25) is 0 Å². The van der Waals surface area contributed by atoms with E-state index in [1.807, 2.05) is 0 Å². The van der Waals surface area contributed by atoms with Gasteiger partial charge in [0.15, 0.2) is 0 Å². The first-order chi connectivity index (χ1) is 1.73. The Bertz CT molecular complexity index is 29.9. The maximum atomic E-state index is 8.56. The maximum absolute atomic E-state index is 8.56. The molecule has 0 aliphatic carbocycles. The summed E-state index contributed by atoms with van der Waals surface area (Å²) in [5.74, 6) is 0. The number of hydrogen-bond acceptors (Lipinski definition) is 1. The molecule has 0 aliphatic heterocycles. The van der Waals surface area contributed by atoms with Crippen molar-refractivity contribution in [2.75, 3.05) is 0 Å². The molecule has 0 radical (unpaired) electrons. The Morgan fingerprint density at radius 1 is 1.40 bits per heavy atom. The average molecular weight is 73.1 g/mol. The summed E-state index contributed by atoms with van der Waals surface area (Å²) in [5.41, 5.74) is 0. The fraction of sp³-hybridized carbons (Fsp3) is 0. The first-order valence-electron chi connectivity index (χ1n) is 0.651. The summed E-state index contributed by atoms with van der Waals surface area (Å²) >= 11 is 0. The fourth-order valence-electron chi connectivity index (χ4n) is 0. The minimum atomic E-state index is -1.83. The van der Waals surface area contributed by atoms with Crippen LogP contribution < -0.4 is 0 Å². The van der Waals surface area contributed by atoms with E-state index in [-0.39, 0.29) is 10.1 Å². The van der Waals surface area contributed by atoms with Gasteiger partial charge in [0.1, 0.15) is 0 Å². The van der Waals surface area contributed by atoms with Crippen molar-refractivity contribution in [1.82, 2.24) is 0 Å². The molecule has 0 aromatic carbocycles. The van der Waals surface area contributed by atoms with Crippen molar-refractivity contribution >= 4 is 16.3 Å². The summed E-state index contributed by atoms with van der Waals surface area (Å²) in [7, 11) is 0. The van der Waals surface area contributed by atoms with Gasteiger partial charge in [-0.15, -0.1) is 0 Å². The summed E-state index contributed by atoms with van der Waals surface area (Å²) in [6.07, 6.45) is -1.83. The van der Waals surface area contributed by atoms with E-state index in [0.29, 0.717) is 0 Å². The van der Waals surface area contributed by atoms with Gasteiger partial charge in [-0.25, -0.2) is 4.79 Å². The van der Waals surface area contributed by atoms with Crippen LogP contribution in [-0.4, -0.2) is 26.5 Å². The predicted octanol–water partition coefficient (Wildman–Crippen LogP) is -0.694. The molecule has 0 rings (SSSR count). The van der Waals surface area contributed by atoms with Gasteiger partial charge >= 0.3 is 16.3 Å². The monoisotopic (exact) mass is 73.0 g/mol. The van der Waals surface area contributed by atoms with Gasteiger partial charge in [0, 0.05) is 0 Å². The van der Waals surface area contributed by atoms with Gasteiger partial charge in [0.05, 0.1) is 0 Å². The van der Waals surface area contributed by atoms with Crippen molar-refractivity contribution in [2.45, 2.75) is 0 Å². The van der Waals surface area contributed by atoms with Crippen LogP contribution in [0, 0.1) is 0 Å². The Hall–Kier alpha value is -0.561. The molecule has 0 saturated heterocycles. The van der Waals surface area contributed by atoms with Gasteiger partial charge in [0.2, 0.25) is 0 Å². The molecule has 4 heteroatoms. The second-order valence-corrected chi connectivity index (χ2v) is 0.283. The van der Waals surface area contributed by atoms with E-state index in [4.69, 9.17) is 15.0 Å². The third kappa shape index (κ3) is 22.6. The Balaban J connectivity index is 0. The van der Waals surface area contributed by atoms with Crippen LogP contribution in [0.3, 0.4) is 0 Å². The normalized spacial score (nSPS) is 4.80. The minimum absolute atomic E-state index is 0. The average Bonchev–Trinajstić information content (AvgIpc) is 0.811. The number of rotatable bonds is 0. The molecule has 5 heavy (non-hydrogen) atoms. The van der Waals surface area contributed by atoms with E-state index in [1.165, 1.54) is 0 Å². The molecular formula is CH4BeO3. The fourth-order valence-corrected chi connectivity index (χ4v) is 0. The second kappa shape index (κ2) is 3.44. The Morgan fingerprint density at radius 3 is 1.40 bits per heavy atom. The van der Waals surface area contributed by atoms with Gasteiger partial charge in [-0.1, -0.05) is 0 Å². The van der Waals surface area contributed by atoms with E-state index in [0.717, 1.165) is 0 Å². The molecule has 2 N–H and O–H groups in total. The molecule has 0 spiro atoms. The Labute approximate surface area is 32.5 Å². The van der Waals surface area contributed by atoms with E-state index in [1.54, 1.807) is 0 Å². The zero-order valence-electron chi connectivity index (χ0n) is 1.80. The van der Waals surface area contributed by atoms with Gasteiger partial charge in [0.25, 0.3) is 0 Å². The standard InChI is InChI=1S/CH2O3.Be.2H/c2-1(3)4;;;/h(H2,2,3,4);;;. The molecule has 0 unspecified atom stereocenters. The van der Waals surface area contributed by atoms with Crippen molar-refractivity contribution in [1.29, 1.82) is 0 Å². The van der Waals surface area contributed by atoms with Crippen molar-refractivity contribution in [3.63, 3.8) is 0 Å². The molecule has 0 fully saturated rings. The van der Waals surface area contributed by atoms with E-state index < -0.39 is 6.16 Å². The van der Waals surface area contributed by atoms with Crippen molar-refractivity contribution in [3.8, 4) is 0 Å². The molecule has 28 valence electrons. The molecule has 0 aromatic heterocycles. The Kier molecular flexibility index (Phi) is 6.07. The van der Waals surface area contributed by atoms with Crippen LogP contribution in [0.25, 0.3) is 0 Å². The molecule has 0 aliphatic rings. The molecule has 0 aromatic rings. The van der Waals surface area contributed by atoms with Crippen molar-refractivity contribution < 1.29 is 15.0 Å². The first kappa shape index (κ1) is 8.83. The van der Waals surface area contributed by atoms with Crippen LogP contribution in [-0.2, 0) is 0 Å². The van der Waals surface area contributed by atoms with Crippen LogP contribution in [0.15, 0.2) is 0 Å². The third-order valence-electron chi connectivity index (χ3n) is 0. The Morgan fingerprint density at radius 2 is 1.40 bits per heavy atom. The SMILES string of the molecule is O=C(O)O.[BeH2]. The van der Waals surface area contributed by atoms with Crippen LogP contribution in [0.5, 0.6) is 0 Å². The number of hydrogen-bond donors (Lipinski definition) is 2. The van der Waals surface area contributed by atoms with Gasteiger partial charge < -0.3 is 10.2 Å². The molecular weight excluding hydrogens is 69.0 g/mol. The van der Waals surface area contributed by atoms with Crippen molar-refractivity contribution in [3.05, 3.63) is 0 Å². The summed E-state index contributed by atoms with van der Waals surface area (Å²) in [5, 5.41) is 13.9. The molecule has 0 amide bonds. The second-order valence-electron chi connectivity index (χ2n) is 0.283. The first-order valence-corrected chi connectivity index (χ1v) is 0.651. The van der Waals surface area contributed by atoms with Crippen LogP contribution in [0.1, 0.15) is 0 Å². The molecule has 3 nitrogen and oxygen atoms in total. The van der Waals surface area contributed by atoms with Crippen molar-refractivity contribution in [2.24, 2.45) is 0 Å². The topological polar surface area (TPSA) is 57.5 Å².